The molecule has 2 aromatic rings. The molecule has 0 aliphatic rings. The van der Waals surface area contributed by atoms with Gasteiger partial charge in [0.2, 0.25) is 0 Å². The summed E-state index contributed by atoms with van der Waals surface area (Å²) in [5.74, 6) is 0.163. The summed E-state index contributed by atoms with van der Waals surface area (Å²) in [6.45, 7) is 1.60. The first-order valence-electron chi connectivity index (χ1n) is 4.91. The van der Waals surface area contributed by atoms with Crippen LogP contribution in [0.3, 0.4) is 0 Å². The number of aromatic nitrogens is 2. The quantitative estimate of drug-likeness (QED) is 0.651. The topological polar surface area (TPSA) is 111 Å². The van der Waals surface area contributed by atoms with Crippen molar-refractivity contribution < 1.29 is 14.2 Å². The predicted octanol–water partition coefficient (Wildman–Crippen LogP) is 1.54. The Bertz CT molecular complexity index is 590. The van der Waals surface area contributed by atoms with Gasteiger partial charge < -0.3 is 9.84 Å². The van der Waals surface area contributed by atoms with E-state index in [1.54, 1.807) is 6.92 Å². The first kappa shape index (κ1) is 11.7. The Morgan fingerprint density at radius 1 is 1.44 bits per heavy atom. The number of pyridine rings is 1. The summed E-state index contributed by atoms with van der Waals surface area (Å²) in [5, 5.41) is 16.4. The molecule has 0 bridgehead atoms. The van der Waals surface area contributed by atoms with Crippen LogP contribution in [-0.2, 0) is 0 Å². The van der Waals surface area contributed by atoms with Gasteiger partial charge in [-0.1, -0.05) is 5.16 Å². The summed E-state index contributed by atoms with van der Waals surface area (Å²) in [4.78, 5) is 25.3. The van der Waals surface area contributed by atoms with Gasteiger partial charge in [0.15, 0.2) is 0 Å². The lowest BCUT2D eigenvalue weighted by Crippen LogP contribution is -2.13. The van der Waals surface area contributed by atoms with E-state index in [9.17, 15) is 14.9 Å². The van der Waals surface area contributed by atoms with E-state index in [2.05, 4.69) is 15.5 Å². The first-order valence-corrected chi connectivity index (χ1v) is 4.91. The normalized spacial score (nSPS) is 10.1. The highest BCUT2D eigenvalue weighted by atomic mass is 16.6. The second-order valence-corrected chi connectivity index (χ2v) is 3.41. The van der Waals surface area contributed by atoms with Gasteiger partial charge in [-0.2, -0.15) is 0 Å². The highest BCUT2D eigenvalue weighted by molar-refractivity contribution is 6.04. The van der Waals surface area contributed by atoms with Crippen LogP contribution in [0.25, 0.3) is 0 Å². The third kappa shape index (κ3) is 2.32. The van der Waals surface area contributed by atoms with Crippen LogP contribution in [0.1, 0.15) is 16.1 Å². The third-order valence-electron chi connectivity index (χ3n) is 2.20. The Kier molecular flexibility index (Phi) is 3.00. The minimum absolute atomic E-state index is 0.144. The second-order valence-electron chi connectivity index (χ2n) is 3.41. The van der Waals surface area contributed by atoms with Crippen molar-refractivity contribution in [3.8, 4) is 0 Å². The van der Waals surface area contributed by atoms with Gasteiger partial charge in [0.1, 0.15) is 23.3 Å². The van der Waals surface area contributed by atoms with Crippen LogP contribution in [0.4, 0.5) is 11.5 Å². The largest absolute Gasteiger partial charge is 0.361 e. The van der Waals surface area contributed by atoms with Crippen LogP contribution in [-0.4, -0.2) is 21.0 Å². The van der Waals surface area contributed by atoms with Crippen LogP contribution in [0.2, 0.25) is 0 Å². The number of hydrogen-bond donors (Lipinski definition) is 1. The molecule has 1 amide bonds. The summed E-state index contributed by atoms with van der Waals surface area (Å²) in [6, 6.07) is 2.60. The van der Waals surface area contributed by atoms with E-state index in [0.717, 1.165) is 6.20 Å². The Morgan fingerprint density at radius 2 is 2.22 bits per heavy atom. The van der Waals surface area contributed by atoms with Crippen LogP contribution >= 0.6 is 0 Å². The zero-order valence-corrected chi connectivity index (χ0v) is 9.28. The maximum Gasteiger partial charge on any atom is 0.287 e. The molecule has 2 aromatic heterocycles. The fraction of sp³-hybridized carbons (Fsp3) is 0.100. The number of rotatable bonds is 3. The molecule has 8 nitrogen and oxygen atoms in total. The van der Waals surface area contributed by atoms with E-state index < -0.39 is 10.8 Å². The lowest BCUT2D eigenvalue weighted by molar-refractivity contribution is -0.385. The highest BCUT2D eigenvalue weighted by Crippen LogP contribution is 2.13. The molecule has 0 saturated heterocycles. The Balaban J connectivity index is 2.13. The van der Waals surface area contributed by atoms with E-state index in [1.807, 2.05) is 0 Å². The molecule has 0 unspecified atom stereocenters. The molecule has 0 aliphatic heterocycles. The van der Waals surface area contributed by atoms with Crippen molar-refractivity contribution in [3.63, 3.8) is 0 Å². The number of carbonyl (C=O) groups excluding carboxylic acids is 1. The molecule has 0 fully saturated rings. The standard InChI is InChI=1S/C10H8N4O4/c1-6-8(5-12-18-6)10(15)13-9-3-2-7(4-11-9)14(16)17/h2-5H,1H3,(H,11,13,15). The van der Waals surface area contributed by atoms with Crippen LogP contribution < -0.4 is 5.32 Å². The van der Waals surface area contributed by atoms with E-state index in [4.69, 9.17) is 4.52 Å². The minimum atomic E-state index is -0.567. The number of nitrogens with one attached hydrogen (secondary N) is 1. The highest BCUT2D eigenvalue weighted by Gasteiger charge is 2.14. The average Bonchev–Trinajstić information content (AvgIpc) is 2.76. The molecule has 2 heterocycles. The van der Waals surface area contributed by atoms with Crippen molar-refractivity contribution in [2.45, 2.75) is 6.92 Å². The summed E-state index contributed by atoms with van der Waals surface area (Å²) in [5.41, 5.74) is 0.143. The smallest absolute Gasteiger partial charge is 0.287 e. The van der Waals surface area contributed by atoms with Gasteiger partial charge in [-0.25, -0.2) is 4.98 Å². The summed E-state index contributed by atoms with van der Waals surface area (Å²) in [7, 11) is 0. The second kappa shape index (κ2) is 4.62. The summed E-state index contributed by atoms with van der Waals surface area (Å²) >= 11 is 0. The number of hydrogen-bond acceptors (Lipinski definition) is 6. The maximum absolute atomic E-state index is 11.7. The van der Waals surface area contributed by atoms with Crippen molar-refractivity contribution in [3.05, 3.63) is 46.0 Å². The third-order valence-corrected chi connectivity index (χ3v) is 2.20. The van der Waals surface area contributed by atoms with Crippen molar-refractivity contribution in [1.82, 2.24) is 10.1 Å². The number of anilines is 1. The van der Waals surface area contributed by atoms with Crippen molar-refractivity contribution in [1.29, 1.82) is 0 Å². The van der Waals surface area contributed by atoms with Gasteiger partial charge in [-0.05, 0) is 13.0 Å². The molecule has 2 rings (SSSR count). The summed E-state index contributed by atoms with van der Waals surface area (Å²) < 4.78 is 4.75. The minimum Gasteiger partial charge on any atom is -0.361 e. The number of amides is 1. The van der Waals surface area contributed by atoms with E-state index in [-0.39, 0.29) is 17.1 Å². The fourth-order valence-electron chi connectivity index (χ4n) is 1.27. The van der Waals surface area contributed by atoms with Gasteiger partial charge in [0.05, 0.1) is 11.1 Å². The molecular formula is C10H8N4O4. The van der Waals surface area contributed by atoms with E-state index in [1.165, 1.54) is 18.3 Å². The molecule has 0 atom stereocenters. The monoisotopic (exact) mass is 248 g/mol. The molecular weight excluding hydrogens is 240 g/mol. The zero-order valence-electron chi connectivity index (χ0n) is 9.28. The van der Waals surface area contributed by atoms with E-state index >= 15 is 0 Å². The number of aryl methyl sites for hydroxylation is 1. The number of nitrogens with zero attached hydrogens (tertiary/aromatic N) is 3. The average molecular weight is 248 g/mol. The fourth-order valence-corrected chi connectivity index (χ4v) is 1.27. The molecule has 18 heavy (non-hydrogen) atoms. The molecule has 8 heteroatoms. The van der Waals surface area contributed by atoms with Gasteiger partial charge in [0, 0.05) is 6.07 Å². The molecule has 0 spiro atoms. The molecule has 0 radical (unpaired) electrons. The maximum atomic E-state index is 11.7. The van der Waals surface area contributed by atoms with E-state index in [0.29, 0.717) is 5.76 Å². The Labute approximate surface area is 101 Å². The number of carbonyl (C=O) groups is 1. The van der Waals surface area contributed by atoms with Crippen LogP contribution in [0, 0.1) is 17.0 Å². The predicted molar refractivity (Wildman–Crippen MR) is 60.1 cm³/mol. The molecule has 0 saturated carbocycles. The Hall–Kier alpha value is -2.77. The van der Waals surface area contributed by atoms with Gasteiger partial charge in [-0.3, -0.25) is 14.9 Å². The molecule has 0 aliphatic carbocycles. The number of nitro groups is 1. The van der Waals surface area contributed by atoms with Gasteiger partial charge in [0.25, 0.3) is 11.6 Å². The van der Waals surface area contributed by atoms with Gasteiger partial charge >= 0.3 is 0 Å². The zero-order chi connectivity index (χ0) is 13.1. The first-order chi connectivity index (χ1) is 8.58. The van der Waals surface area contributed by atoms with Crippen molar-refractivity contribution >= 4 is 17.4 Å². The van der Waals surface area contributed by atoms with Crippen molar-refractivity contribution in [2.24, 2.45) is 0 Å². The molecule has 92 valence electrons. The SMILES string of the molecule is Cc1oncc1C(=O)Nc1ccc([N+](=O)[O-])cn1. The summed E-state index contributed by atoms with van der Waals surface area (Å²) in [6.07, 6.45) is 2.35. The van der Waals surface area contributed by atoms with Crippen molar-refractivity contribution in [2.75, 3.05) is 5.32 Å². The molecule has 1 N–H and O–H groups in total. The lowest BCUT2D eigenvalue weighted by atomic mass is 10.2. The van der Waals surface area contributed by atoms with Crippen LogP contribution in [0.5, 0.6) is 0 Å². The Morgan fingerprint density at radius 3 is 2.72 bits per heavy atom. The lowest BCUT2D eigenvalue weighted by Gasteiger charge is -2.01. The van der Waals surface area contributed by atoms with Gasteiger partial charge in [-0.15, -0.1) is 0 Å². The molecule has 0 aromatic carbocycles. The van der Waals surface area contributed by atoms with Crippen LogP contribution in [0.15, 0.2) is 29.0 Å².